The van der Waals surface area contributed by atoms with E-state index in [2.05, 4.69) is 5.92 Å². The molecule has 1 unspecified atom stereocenters. The minimum atomic E-state index is -0.861. The number of likely N-dealkylation sites (tertiary alicyclic amines) is 1. The number of hydrogen-bond donors (Lipinski definition) is 1. The van der Waals surface area contributed by atoms with Crippen LogP contribution in [0.1, 0.15) is 32.6 Å². The van der Waals surface area contributed by atoms with Crippen LogP contribution in [0.5, 0.6) is 0 Å². The highest BCUT2D eigenvalue weighted by molar-refractivity contribution is 5.76. The van der Waals surface area contributed by atoms with Crippen molar-refractivity contribution < 1.29 is 14.7 Å². The van der Waals surface area contributed by atoms with E-state index in [1.807, 2.05) is 6.92 Å². The first-order valence-electron chi connectivity index (χ1n) is 6.31. The molecule has 5 heteroatoms. The third-order valence-electron chi connectivity index (χ3n) is 3.22. The Hall–Kier alpha value is -1.70. The summed E-state index contributed by atoms with van der Waals surface area (Å²) in [5.41, 5.74) is 0. The molecule has 0 bridgehead atoms. The van der Waals surface area contributed by atoms with Crippen molar-refractivity contribution in [2.45, 2.75) is 38.6 Å². The lowest BCUT2D eigenvalue weighted by molar-refractivity contribution is -0.138. The molecule has 0 saturated carbocycles. The highest BCUT2D eigenvalue weighted by Gasteiger charge is 2.30. The predicted octanol–water partition coefficient (Wildman–Crippen LogP) is 1.39. The van der Waals surface area contributed by atoms with E-state index in [-0.39, 0.29) is 25.0 Å². The summed E-state index contributed by atoms with van der Waals surface area (Å²) >= 11 is 0. The van der Waals surface area contributed by atoms with Gasteiger partial charge in [-0.3, -0.25) is 4.79 Å². The molecule has 1 fully saturated rings. The van der Waals surface area contributed by atoms with Gasteiger partial charge in [-0.05, 0) is 26.2 Å². The number of hydrogen-bond acceptors (Lipinski definition) is 2. The van der Waals surface area contributed by atoms with E-state index < -0.39 is 5.97 Å². The van der Waals surface area contributed by atoms with Gasteiger partial charge in [0.05, 0.1) is 13.0 Å². The molecule has 1 N–H and O–H groups in total. The van der Waals surface area contributed by atoms with E-state index in [4.69, 9.17) is 11.5 Å². The van der Waals surface area contributed by atoms with Gasteiger partial charge in [0.25, 0.3) is 0 Å². The van der Waals surface area contributed by atoms with Crippen LogP contribution in [0.4, 0.5) is 4.79 Å². The van der Waals surface area contributed by atoms with Gasteiger partial charge in [0, 0.05) is 19.1 Å². The Labute approximate surface area is 108 Å². The third-order valence-corrected chi connectivity index (χ3v) is 3.22. The average Bonchev–Trinajstić information content (AvgIpc) is 2.35. The first-order valence-corrected chi connectivity index (χ1v) is 6.31. The molecule has 1 aliphatic heterocycles. The van der Waals surface area contributed by atoms with Crippen molar-refractivity contribution in [3.05, 3.63) is 0 Å². The molecule has 0 aromatic rings. The molecule has 1 heterocycles. The van der Waals surface area contributed by atoms with Crippen molar-refractivity contribution in [2.75, 3.05) is 19.6 Å². The number of terminal acetylenes is 1. The summed E-state index contributed by atoms with van der Waals surface area (Å²) in [6, 6.07) is -0.336. The van der Waals surface area contributed by atoms with Crippen LogP contribution in [0, 0.1) is 12.3 Å². The smallest absolute Gasteiger partial charge is 0.321 e. The van der Waals surface area contributed by atoms with Crippen LogP contribution in [-0.4, -0.2) is 52.6 Å². The second-order valence-corrected chi connectivity index (χ2v) is 4.44. The maximum atomic E-state index is 12.3. The van der Waals surface area contributed by atoms with Crippen LogP contribution >= 0.6 is 0 Å². The number of carboxylic acids is 1. The minimum Gasteiger partial charge on any atom is -0.481 e. The number of amides is 2. The second-order valence-electron chi connectivity index (χ2n) is 4.44. The van der Waals surface area contributed by atoms with E-state index >= 15 is 0 Å². The number of carbonyl (C=O) groups excluding carboxylic acids is 1. The van der Waals surface area contributed by atoms with Crippen LogP contribution in [0.2, 0.25) is 0 Å². The molecule has 1 aliphatic rings. The first-order chi connectivity index (χ1) is 8.60. The summed E-state index contributed by atoms with van der Waals surface area (Å²) in [4.78, 5) is 26.3. The number of urea groups is 1. The van der Waals surface area contributed by atoms with Crippen molar-refractivity contribution in [3.8, 4) is 12.3 Å². The number of nitrogens with zero attached hydrogens (tertiary/aromatic N) is 2. The molecule has 0 aliphatic carbocycles. The Balaban J connectivity index is 2.73. The number of aliphatic carboxylic acids is 1. The molecule has 1 atom stereocenters. The largest absolute Gasteiger partial charge is 0.481 e. The molecule has 1 saturated heterocycles. The molecule has 0 aromatic carbocycles. The number of carbonyl (C=O) groups is 2. The normalized spacial score (nSPS) is 19.1. The highest BCUT2D eigenvalue weighted by atomic mass is 16.4. The molecule has 18 heavy (non-hydrogen) atoms. The zero-order valence-electron chi connectivity index (χ0n) is 10.8. The molecule has 100 valence electrons. The SMILES string of the molecule is C#CCN(CC)C(=O)N1CCCCC1CC(=O)O. The summed E-state index contributed by atoms with van der Waals surface area (Å²) < 4.78 is 0. The molecule has 0 spiro atoms. The van der Waals surface area contributed by atoms with Gasteiger partial charge in [-0.1, -0.05) is 5.92 Å². The zero-order chi connectivity index (χ0) is 13.5. The maximum Gasteiger partial charge on any atom is 0.321 e. The fraction of sp³-hybridized carbons (Fsp3) is 0.692. The van der Waals surface area contributed by atoms with E-state index in [9.17, 15) is 9.59 Å². The zero-order valence-corrected chi connectivity index (χ0v) is 10.8. The number of piperidine rings is 1. The molecule has 0 radical (unpaired) electrons. The van der Waals surface area contributed by atoms with Crippen LogP contribution in [0.3, 0.4) is 0 Å². The van der Waals surface area contributed by atoms with Crippen molar-refractivity contribution in [2.24, 2.45) is 0 Å². The Morgan fingerprint density at radius 3 is 2.78 bits per heavy atom. The van der Waals surface area contributed by atoms with Gasteiger partial charge >= 0.3 is 12.0 Å². The lowest BCUT2D eigenvalue weighted by atomic mass is 10.00. The molecule has 5 nitrogen and oxygen atoms in total. The van der Waals surface area contributed by atoms with Gasteiger partial charge in [-0.2, -0.15) is 0 Å². The Morgan fingerprint density at radius 1 is 1.50 bits per heavy atom. The molecule has 2 amide bonds. The van der Waals surface area contributed by atoms with Gasteiger partial charge in [0.2, 0.25) is 0 Å². The van der Waals surface area contributed by atoms with Gasteiger partial charge in [-0.25, -0.2) is 4.79 Å². The van der Waals surface area contributed by atoms with E-state index in [0.717, 1.165) is 19.3 Å². The minimum absolute atomic E-state index is 0.0132. The summed E-state index contributed by atoms with van der Waals surface area (Å²) in [7, 11) is 0. The van der Waals surface area contributed by atoms with Gasteiger partial charge < -0.3 is 14.9 Å². The van der Waals surface area contributed by atoms with Crippen molar-refractivity contribution in [1.29, 1.82) is 0 Å². The summed E-state index contributed by atoms with van der Waals surface area (Å²) in [6.07, 6.45) is 7.90. The van der Waals surface area contributed by atoms with Crippen LogP contribution < -0.4 is 0 Å². The van der Waals surface area contributed by atoms with E-state index in [0.29, 0.717) is 13.1 Å². The lowest BCUT2D eigenvalue weighted by Crippen LogP contribution is -2.51. The standard InChI is InChI=1S/C13H20N2O3/c1-3-8-14(4-2)13(18)15-9-6-5-7-11(15)10-12(16)17/h1,11H,4-10H2,2H3,(H,16,17). The summed E-state index contributed by atoms with van der Waals surface area (Å²) in [6.45, 7) is 3.30. The molecule has 1 rings (SSSR count). The van der Waals surface area contributed by atoms with Gasteiger partial charge in [0.1, 0.15) is 0 Å². The molecular weight excluding hydrogens is 232 g/mol. The van der Waals surface area contributed by atoms with Crippen molar-refractivity contribution in [3.63, 3.8) is 0 Å². The van der Waals surface area contributed by atoms with Crippen molar-refractivity contribution in [1.82, 2.24) is 9.80 Å². The first kappa shape index (κ1) is 14.4. The Kier molecular flexibility index (Phi) is 5.50. The highest BCUT2D eigenvalue weighted by Crippen LogP contribution is 2.21. The second kappa shape index (κ2) is 6.90. The number of rotatable bonds is 4. The van der Waals surface area contributed by atoms with Crippen molar-refractivity contribution >= 4 is 12.0 Å². The Morgan fingerprint density at radius 2 is 2.22 bits per heavy atom. The van der Waals surface area contributed by atoms with Gasteiger partial charge in [0.15, 0.2) is 0 Å². The molecular formula is C13H20N2O3. The van der Waals surface area contributed by atoms with Crippen LogP contribution in [-0.2, 0) is 4.79 Å². The van der Waals surface area contributed by atoms with Crippen LogP contribution in [0.25, 0.3) is 0 Å². The summed E-state index contributed by atoms with van der Waals surface area (Å²) in [5, 5.41) is 8.88. The summed E-state index contributed by atoms with van der Waals surface area (Å²) in [5.74, 6) is 1.60. The number of carboxylic acid groups (broad SMARTS) is 1. The Bertz CT molecular complexity index is 349. The third kappa shape index (κ3) is 3.66. The predicted molar refractivity (Wildman–Crippen MR) is 68.1 cm³/mol. The van der Waals surface area contributed by atoms with E-state index in [1.165, 1.54) is 0 Å². The van der Waals surface area contributed by atoms with E-state index in [1.54, 1.807) is 9.80 Å². The monoisotopic (exact) mass is 252 g/mol. The quantitative estimate of drug-likeness (QED) is 0.769. The molecule has 0 aromatic heterocycles. The fourth-order valence-electron chi connectivity index (χ4n) is 2.27. The van der Waals surface area contributed by atoms with Gasteiger partial charge in [-0.15, -0.1) is 6.42 Å². The van der Waals surface area contributed by atoms with Crippen LogP contribution in [0.15, 0.2) is 0 Å². The average molecular weight is 252 g/mol. The maximum absolute atomic E-state index is 12.3. The topological polar surface area (TPSA) is 60.9 Å². The fourth-order valence-corrected chi connectivity index (χ4v) is 2.27. The lowest BCUT2D eigenvalue weighted by Gasteiger charge is -2.37.